The smallest absolute Gasteiger partial charge is 0.187 e. The lowest BCUT2D eigenvalue weighted by atomic mass is 9.85. The third-order valence-electron chi connectivity index (χ3n) is 3.94. The average Bonchev–Trinajstić information content (AvgIpc) is 2.41. The third kappa shape index (κ3) is 2.30. The molecule has 0 saturated carbocycles. The highest BCUT2D eigenvalue weighted by atomic mass is 35.5. The largest absolute Gasteiger partial charge is 0.375 e. The Morgan fingerprint density at radius 2 is 1.89 bits per heavy atom. The number of nitrogens with zero attached hydrogens (tertiary/aromatic N) is 1. The molecule has 18 heavy (non-hydrogen) atoms. The van der Waals surface area contributed by atoms with Crippen LogP contribution in [0, 0.1) is 5.92 Å². The molecule has 0 spiro atoms. The minimum atomic E-state index is 0.0919. The highest BCUT2D eigenvalue weighted by Gasteiger charge is 2.28. The number of piperidine rings is 3. The molecule has 0 radical (unpaired) electrons. The molecule has 0 aromatic heterocycles. The molecular weight excluding hydrogens is 246 g/mol. The van der Waals surface area contributed by atoms with Crippen molar-refractivity contribution in [3.63, 3.8) is 0 Å². The number of carbonyl (C=O) groups is 1. The standard InChI is InChI=1S/C15H16ClNO/c16-13-3-1-12(2-4-13)15(18)10-14-9-11-5-7-17(14)8-6-11/h1-4,10-11H,5-9H2/b14-10+. The number of rotatable bonds is 2. The fourth-order valence-electron chi connectivity index (χ4n) is 2.85. The van der Waals surface area contributed by atoms with Gasteiger partial charge in [-0.25, -0.2) is 0 Å². The molecule has 0 N–H and O–H groups in total. The Kier molecular flexibility index (Phi) is 3.13. The van der Waals surface area contributed by atoms with Crippen LogP contribution in [0.1, 0.15) is 29.6 Å². The molecule has 2 nitrogen and oxygen atoms in total. The first kappa shape index (κ1) is 11.8. The fraction of sp³-hybridized carbons (Fsp3) is 0.400. The molecule has 3 saturated heterocycles. The van der Waals surface area contributed by atoms with Crippen LogP contribution in [0.4, 0.5) is 0 Å². The SMILES string of the molecule is O=C(/C=C1\CC2CCN1CC2)c1ccc(Cl)cc1. The van der Waals surface area contributed by atoms with Crippen LogP contribution in [-0.4, -0.2) is 23.8 Å². The van der Waals surface area contributed by atoms with Crippen molar-refractivity contribution in [2.24, 2.45) is 5.92 Å². The monoisotopic (exact) mass is 261 g/mol. The highest BCUT2D eigenvalue weighted by molar-refractivity contribution is 6.30. The van der Waals surface area contributed by atoms with Gasteiger partial charge in [0.05, 0.1) is 0 Å². The Morgan fingerprint density at radius 3 is 2.44 bits per heavy atom. The maximum Gasteiger partial charge on any atom is 0.187 e. The van der Waals surface area contributed by atoms with Crippen molar-refractivity contribution >= 4 is 17.4 Å². The Morgan fingerprint density at radius 1 is 1.22 bits per heavy atom. The number of benzene rings is 1. The van der Waals surface area contributed by atoms with Gasteiger partial charge in [-0.15, -0.1) is 0 Å². The van der Waals surface area contributed by atoms with E-state index in [1.54, 1.807) is 24.3 Å². The van der Waals surface area contributed by atoms with Crippen molar-refractivity contribution in [1.29, 1.82) is 0 Å². The van der Waals surface area contributed by atoms with Crippen LogP contribution in [0.3, 0.4) is 0 Å². The third-order valence-corrected chi connectivity index (χ3v) is 4.20. The lowest BCUT2D eigenvalue weighted by Gasteiger charge is -2.42. The van der Waals surface area contributed by atoms with Crippen LogP contribution in [-0.2, 0) is 0 Å². The molecule has 0 amide bonds. The highest BCUT2D eigenvalue weighted by Crippen LogP contribution is 2.34. The maximum atomic E-state index is 12.2. The zero-order valence-electron chi connectivity index (χ0n) is 10.2. The number of ketones is 1. The molecule has 94 valence electrons. The van der Waals surface area contributed by atoms with E-state index in [1.807, 2.05) is 6.08 Å². The predicted octanol–water partition coefficient (Wildman–Crippen LogP) is 3.52. The Balaban J connectivity index is 1.79. The summed E-state index contributed by atoms with van der Waals surface area (Å²) in [6.45, 7) is 2.23. The fourth-order valence-corrected chi connectivity index (χ4v) is 2.97. The van der Waals surface area contributed by atoms with Gasteiger partial charge in [0.15, 0.2) is 5.78 Å². The summed E-state index contributed by atoms with van der Waals surface area (Å²) in [7, 11) is 0. The van der Waals surface area contributed by atoms with E-state index >= 15 is 0 Å². The normalized spacial score (nSPS) is 21.6. The van der Waals surface area contributed by atoms with Crippen molar-refractivity contribution in [3.05, 3.63) is 46.6 Å². The zero-order chi connectivity index (χ0) is 12.5. The summed E-state index contributed by atoms with van der Waals surface area (Å²) in [4.78, 5) is 14.5. The second kappa shape index (κ2) is 4.77. The molecule has 4 rings (SSSR count). The Bertz CT molecular complexity index is 484. The maximum absolute atomic E-state index is 12.2. The van der Waals surface area contributed by atoms with Gasteiger partial charge in [-0.2, -0.15) is 0 Å². The summed E-state index contributed by atoms with van der Waals surface area (Å²) in [5.41, 5.74) is 1.94. The van der Waals surface area contributed by atoms with Crippen LogP contribution in [0.15, 0.2) is 36.0 Å². The molecule has 3 aliphatic rings. The van der Waals surface area contributed by atoms with E-state index in [-0.39, 0.29) is 5.78 Å². The average molecular weight is 262 g/mol. The van der Waals surface area contributed by atoms with Crippen molar-refractivity contribution in [3.8, 4) is 0 Å². The van der Waals surface area contributed by atoms with E-state index in [4.69, 9.17) is 11.6 Å². The molecule has 1 aromatic carbocycles. The van der Waals surface area contributed by atoms with Gasteiger partial charge in [-0.3, -0.25) is 4.79 Å². The second-order valence-electron chi connectivity index (χ2n) is 5.14. The molecule has 0 aliphatic carbocycles. The molecule has 3 heterocycles. The summed E-state index contributed by atoms with van der Waals surface area (Å²) < 4.78 is 0. The summed E-state index contributed by atoms with van der Waals surface area (Å²) in [6, 6.07) is 7.11. The number of allylic oxidation sites excluding steroid dienone is 2. The van der Waals surface area contributed by atoms with Gasteiger partial charge in [0.2, 0.25) is 0 Å². The summed E-state index contributed by atoms with van der Waals surface area (Å²) in [5, 5.41) is 0.666. The van der Waals surface area contributed by atoms with Crippen LogP contribution >= 0.6 is 11.6 Å². The minimum Gasteiger partial charge on any atom is -0.375 e. The minimum absolute atomic E-state index is 0.0919. The summed E-state index contributed by atoms with van der Waals surface area (Å²) >= 11 is 5.82. The van der Waals surface area contributed by atoms with Crippen molar-refractivity contribution in [1.82, 2.24) is 4.90 Å². The number of hydrogen-bond acceptors (Lipinski definition) is 2. The predicted molar refractivity (Wildman–Crippen MR) is 72.8 cm³/mol. The van der Waals surface area contributed by atoms with Gasteiger partial charge >= 0.3 is 0 Å². The lowest BCUT2D eigenvalue weighted by Crippen LogP contribution is -2.39. The molecule has 0 atom stereocenters. The van der Waals surface area contributed by atoms with Crippen molar-refractivity contribution < 1.29 is 4.79 Å². The van der Waals surface area contributed by atoms with E-state index in [0.717, 1.165) is 31.0 Å². The summed E-state index contributed by atoms with van der Waals surface area (Å²) in [5.74, 6) is 0.883. The van der Waals surface area contributed by atoms with E-state index < -0.39 is 0 Å². The van der Waals surface area contributed by atoms with E-state index in [9.17, 15) is 4.79 Å². The number of halogens is 1. The lowest BCUT2D eigenvalue weighted by molar-refractivity contribution is 0.103. The van der Waals surface area contributed by atoms with E-state index in [2.05, 4.69) is 4.90 Å². The summed E-state index contributed by atoms with van der Waals surface area (Å²) in [6.07, 6.45) is 5.45. The number of fused-ring (bicyclic) bond motifs is 3. The molecule has 3 aliphatic heterocycles. The zero-order valence-corrected chi connectivity index (χ0v) is 11.0. The number of carbonyl (C=O) groups excluding carboxylic acids is 1. The molecular formula is C15H16ClNO. The Hall–Kier alpha value is -1.28. The van der Waals surface area contributed by atoms with Crippen molar-refractivity contribution in [2.75, 3.05) is 13.1 Å². The van der Waals surface area contributed by atoms with Gasteiger partial charge in [0.25, 0.3) is 0 Å². The number of hydrogen-bond donors (Lipinski definition) is 0. The van der Waals surface area contributed by atoms with E-state index in [1.165, 1.54) is 18.5 Å². The van der Waals surface area contributed by atoms with Gasteiger partial charge < -0.3 is 4.90 Å². The van der Waals surface area contributed by atoms with Gasteiger partial charge in [-0.1, -0.05) is 11.6 Å². The first-order chi connectivity index (χ1) is 8.72. The topological polar surface area (TPSA) is 20.3 Å². The van der Waals surface area contributed by atoms with Crippen LogP contribution in [0.2, 0.25) is 5.02 Å². The van der Waals surface area contributed by atoms with Gasteiger partial charge in [0.1, 0.15) is 0 Å². The van der Waals surface area contributed by atoms with Crippen LogP contribution in [0.5, 0.6) is 0 Å². The van der Waals surface area contributed by atoms with Gasteiger partial charge in [0, 0.05) is 35.4 Å². The molecule has 3 heteroatoms. The quantitative estimate of drug-likeness (QED) is 0.600. The first-order valence-electron chi connectivity index (χ1n) is 6.48. The Labute approximate surface area is 112 Å². The van der Waals surface area contributed by atoms with Gasteiger partial charge in [-0.05, 0) is 49.4 Å². The molecule has 0 unspecified atom stereocenters. The second-order valence-corrected chi connectivity index (χ2v) is 5.58. The molecule has 3 fully saturated rings. The van der Waals surface area contributed by atoms with Crippen LogP contribution in [0.25, 0.3) is 0 Å². The van der Waals surface area contributed by atoms with E-state index in [0.29, 0.717) is 5.02 Å². The first-order valence-corrected chi connectivity index (χ1v) is 6.85. The molecule has 2 bridgehead atoms. The van der Waals surface area contributed by atoms with Crippen LogP contribution < -0.4 is 0 Å². The van der Waals surface area contributed by atoms with Crippen molar-refractivity contribution in [2.45, 2.75) is 19.3 Å². The molecule has 1 aromatic rings.